The SMILES string of the molecule is C[C@@H](C(=O)C[C@@H](CCCN=C(N)N)C(=O)NC1CCOC1=O)N1CCN(C(=O)[C@H](CNC=O)N2C(=O)N[C@H](CCNC=O)C2=O)CC1.O=C=O. The van der Waals surface area contributed by atoms with Crippen molar-refractivity contribution in [3.63, 3.8) is 0 Å². The number of amides is 7. The molecule has 0 aliphatic carbocycles. The summed E-state index contributed by atoms with van der Waals surface area (Å²) in [4.78, 5) is 124. The number of carbonyl (C=O) groups excluding carboxylic acids is 10. The van der Waals surface area contributed by atoms with E-state index in [1.165, 1.54) is 4.90 Å². The Bertz CT molecular complexity index is 1310. The van der Waals surface area contributed by atoms with Crippen molar-refractivity contribution in [2.45, 2.75) is 63.2 Å². The van der Waals surface area contributed by atoms with E-state index >= 15 is 0 Å². The van der Waals surface area contributed by atoms with E-state index in [0.29, 0.717) is 45.2 Å². The molecule has 0 aromatic rings. The van der Waals surface area contributed by atoms with E-state index in [9.17, 15) is 38.4 Å². The Labute approximate surface area is 287 Å². The molecule has 0 saturated carbocycles. The van der Waals surface area contributed by atoms with Gasteiger partial charge in [-0.15, -0.1) is 0 Å². The van der Waals surface area contributed by atoms with Crippen molar-refractivity contribution >= 4 is 60.4 Å². The minimum absolute atomic E-state index is 0.0866. The third-order valence-corrected chi connectivity index (χ3v) is 8.42. The Morgan fingerprint density at radius 1 is 1.08 bits per heavy atom. The molecule has 276 valence electrons. The van der Waals surface area contributed by atoms with Gasteiger partial charge >= 0.3 is 18.2 Å². The molecule has 0 aromatic carbocycles. The number of nitrogens with two attached hydrogens (primary N) is 2. The standard InChI is InChI=1S/C28H44N10O9.CO2/c1-17(22(41)13-18(3-2-6-33-27(29)30)23(42)34-20-5-12-47-26(20)45)36-8-10-37(11-9-36)25(44)21(14-32-16-40)38-24(43)19(35-28(38)46)4-7-31-15-39;2-1-3/h15-21H,2-14H2,1H3,(H,31,39)(H,32,40)(H,34,42)(H,35,46)(H4,29,30,33);/t17-,18+,19+,20?,21-;/m0./s1. The van der Waals surface area contributed by atoms with E-state index in [4.69, 9.17) is 25.8 Å². The molecule has 21 nitrogen and oxygen atoms in total. The van der Waals surface area contributed by atoms with Crippen LogP contribution < -0.4 is 32.7 Å². The second kappa shape index (κ2) is 20.8. The highest BCUT2D eigenvalue weighted by molar-refractivity contribution is 6.07. The van der Waals surface area contributed by atoms with Crippen LogP contribution in [-0.4, -0.2) is 152 Å². The van der Waals surface area contributed by atoms with Crippen LogP contribution in [0.1, 0.15) is 39.0 Å². The Morgan fingerprint density at radius 2 is 1.74 bits per heavy atom. The maximum atomic E-state index is 13.6. The average molecular weight is 709 g/mol. The molecule has 3 heterocycles. The summed E-state index contributed by atoms with van der Waals surface area (Å²) in [6.45, 7) is 2.98. The third-order valence-electron chi connectivity index (χ3n) is 8.42. The van der Waals surface area contributed by atoms with Gasteiger partial charge in [0.15, 0.2) is 5.96 Å². The van der Waals surface area contributed by atoms with Gasteiger partial charge in [-0.1, -0.05) is 0 Å². The van der Waals surface area contributed by atoms with Gasteiger partial charge in [-0.3, -0.25) is 38.7 Å². The Balaban J connectivity index is 0.00000278. The molecule has 0 aromatic heterocycles. The molecule has 3 aliphatic rings. The van der Waals surface area contributed by atoms with Gasteiger partial charge in [0.1, 0.15) is 23.9 Å². The van der Waals surface area contributed by atoms with E-state index in [0.717, 1.165) is 4.90 Å². The van der Waals surface area contributed by atoms with Crippen LogP contribution in [0.5, 0.6) is 0 Å². The largest absolute Gasteiger partial charge is 0.464 e. The molecule has 5 atom stereocenters. The first-order chi connectivity index (χ1) is 23.9. The van der Waals surface area contributed by atoms with Crippen molar-refractivity contribution in [3.05, 3.63) is 0 Å². The molecular weight excluding hydrogens is 664 g/mol. The molecule has 3 saturated heterocycles. The number of guanidine groups is 1. The Kier molecular flexibility index (Phi) is 17.0. The average Bonchev–Trinajstić information content (AvgIpc) is 3.62. The van der Waals surface area contributed by atoms with Crippen molar-refractivity contribution in [2.24, 2.45) is 22.4 Å². The maximum Gasteiger partial charge on any atom is 0.373 e. The number of aliphatic imine (C=N–C) groups is 1. The second-order valence-corrected chi connectivity index (χ2v) is 11.6. The van der Waals surface area contributed by atoms with Crippen LogP contribution in [0.2, 0.25) is 0 Å². The number of urea groups is 1. The molecule has 50 heavy (non-hydrogen) atoms. The van der Waals surface area contributed by atoms with E-state index in [-0.39, 0.29) is 70.1 Å². The molecule has 8 N–H and O–H groups in total. The monoisotopic (exact) mass is 708 g/mol. The first-order valence-electron chi connectivity index (χ1n) is 15.9. The topological polar surface area (TPSA) is 302 Å². The summed E-state index contributed by atoms with van der Waals surface area (Å²) >= 11 is 0. The van der Waals surface area contributed by atoms with Gasteiger partial charge in [0, 0.05) is 64.6 Å². The zero-order valence-electron chi connectivity index (χ0n) is 27.7. The molecule has 0 bridgehead atoms. The zero-order chi connectivity index (χ0) is 37.2. The number of hydrogen-bond acceptors (Lipinski definition) is 13. The number of piperazine rings is 1. The Morgan fingerprint density at radius 3 is 2.32 bits per heavy atom. The van der Waals surface area contributed by atoms with E-state index < -0.39 is 59.8 Å². The highest BCUT2D eigenvalue weighted by Gasteiger charge is 2.46. The first kappa shape index (κ1) is 40.7. The lowest BCUT2D eigenvalue weighted by atomic mass is 9.92. The number of nitrogens with one attached hydrogen (secondary N) is 4. The number of hydrogen-bond donors (Lipinski definition) is 6. The number of esters is 1. The van der Waals surface area contributed by atoms with Crippen LogP contribution in [0.3, 0.4) is 0 Å². The summed E-state index contributed by atoms with van der Waals surface area (Å²) in [7, 11) is 0. The number of carbonyl (C=O) groups is 8. The molecular formula is C29H44N10O11. The minimum Gasteiger partial charge on any atom is -0.464 e. The lowest BCUT2D eigenvalue weighted by Crippen LogP contribution is -2.60. The number of imide groups is 1. The van der Waals surface area contributed by atoms with Crippen LogP contribution in [0.4, 0.5) is 4.79 Å². The van der Waals surface area contributed by atoms with E-state index in [2.05, 4.69) is 26.3 Å². The van der Waals surface area contributed by atoms with E-state index in [1.807, 2.05) is 4.90 Å². The third kappa shape index (κ3) is 11.9. The number of rotatable bonds is 19. The number of Topliss-reactive ketones (excluding diaryl/α,β-unsaturated/α-hetero) is 1. The zero-order valence-corrected chi connectivity index (χ0v) is 27.7. The minimum atomic E-state index is -1.29. The van der Waals surface area contributed by atoms with Gasteiger partial charge in [-0.25, -0.2) is 14.5 Å². The van der Waals surface area contributed by atoms with Gasteiger partial charge in [0.05, 0.1) is 12.6 Å². The van der Waals surface area contributed by atoms with Gasteiger partial charge in [0.2, 0.25) is 24.6 Å². The maximum absolute atomic E-state index is 13.6. The van der Waals surface area contributed by atoms with Crippen molar-refractivity contribution in [2.75, 3.05) is 52.4 Å². The van der Waals surface area contributed by atoms with Crippen LogP contribution in [0, 0.1) is 5.92 Å². The highest BCUT2D eigenvalue weighted by atomic mass is 16.5. The smallest absolute Gasteiger partial charge is 0.373 e. The Hall–Kier alpha value is -5.43. The van der Waals surface area contributed by atoms with Crippen LogP contribution in [0.15, 0.2) is 4.99 Å². The van der Waals surface area contributed by atoms with Crippen molar-refractivity contribution in [1.82, 2.24) is 36.0 Å². The molecule has 1 unspecified atom stereocenters. The molecule has 21 heteroatoms. The van der Waals surface area contributed by atoms with Crippen LogP contribution in [-0.2, 0) is 47.9 Å². The van der Waals surface area contributed by atoms with Crippen LogP contribution >= 0.6 is 0 Å². The molecule has 0 radical (unpaired) electrons. The number of nitrogens with zero attached hydrogens (tertiary/aromatic N) is 4. The van der Waals surface area contributed by atoms with Crippen LogP contribution in [0.25, 0.3) is 0 Å². The van der Waals surface area contributed by atoms with Gasteiger partial charge in [0.25, 0.3) is 5.91 Å². The lowest BCUT2D eigenvalue weighted by Gasteiger charge is -2.39. The molecule has 3 aliphatic heterocycles. The van der Waals surface area contributed by atoms with Gasteiger partial charge < -0.3 is 42.4 Å². The van der Waals surface area contributed by atoms with Gasteiger partial charge in [-0.2, -0.15) is 9.59 Å². The predicted molar refractivity (Wildman–Crippen MR) is 169 cm³/mol. The van der Waals surface area contributed by atoms with Crippen molar-refractivity contribution in [1.29, 1.82) is 0 Å². The molecule has 7 amide bonds. The number of ketones is 1. The van der Waals surface area contributed by atoms with Crippen molar-refractivity contribution in [3.8, 4) is 0 Å². The van der Waals surface area contributed by atoms with E-state index in [1.54, 1.807) is 6.92 Å². The summed E-state index contributed by atoms with van der Waals surface area (Å²) < 4.78 is 4.92. The summed E-state index contributed by atoms with van der Waals surface area (Å²) in [5, 5.41) is 9.98. The summed E-state index contributed by atoms with van der Waals surface area (Å²) in [6.07, 6.45) is 2.20. The predicted octanol–water partition coefficient (Wildman–Crippen LogP) is -4.83. The summed E-state index contributed by atoms with van der Waals surface area (Å²) in [5.41, 5.74) is 10.8. The fourth-order valence-electron chi connectivity index (χ4n) is 5.72. The molecule has 0 spiro atoms. The summed E-state index contributed by atoms with van der Waals surface area (Å²) in [5.74, 6) is -3.17. The highest BCUT2D eigenvalue weighted by Crippen LogP contribution is 2.20. The molecule has 3 rings (SSSR count). The normalized spacial score (nSPS) is 20.5. The quantitative estimate of drug-likeness (QED) is 0.0183. The number of ether oxygens (including phenoxy) is 1. The van der Waals surface area contributed by atoms with Gasteiger partial charge in [-0.05, 0) is 26.2 Å². The molecule has 3 fully saturated rings. The summed E-state index contributed by atoms with van der Waals surface area (Å²) in [6, 6.07) is -4.38. The second-order valence-electron chi connectivity index (χ2n) is 11.6. The first-order valence-corrected chi connectivity index (χ1v) is 15.9. The fourth-order valence-corrected chi connectivity index (χ4v) is 5.72. The van der Waals surface area contributed by atoms with Crippen molar-refractivity contribution < 1.29 is 52.7 Å². The fraction of sp³-hybridized carbons (Fsp3) is 0.655. The lowest BCUT2D eigenvalue weighted by molar-refractivity contribution is -0.191. The number of cyclic esters (lactones) is 1.